The first-order valence-electron chi connectivity index (χ1n) is 10.6. The summed E-state index contributed by atoms with van der Waals surface area (Å²) in [4.78, 5) is 41.9. The maximum atomic E-state index is 13.5. The Labute approximate surface area is 206 Å². The zero-order chi connectivity index (χ0) is 24.5. The Morgan fingerprint density at radius 1 is 1.12 bits per heavy atom. The summed E-state index contributed by atoms with van der Waals surface area (Å²) in [5.41, 5.74) is 2.43. The maximum absolute atomic E-state index is 13.5. The lowest BCUT2D eigenvalue weighted by atomic mass is 10.0. The van der Waals surface area contributed by atoms with Gasteiger partial charge in [-0.1, -0.05) is 36.0 Å². The molecule has 2 heterocycles. The summed E-state index contributed by atoms with van der Waals surface area (Å²) >= 11 is 2.42. The third kappa shape index (κ3) is 4.17. The molecule has 0 aliphatic carbocycles. The van der Waals surface area contributed by atoms with Gasteiger partial charge in [0.05, 0.1) is 19.4 Å². The van der Waals surface area contributed by atoms with Crippen LogP contribution in [-0.2, 0) is 14.3 Å². The summed E-state index contributed by atoms with van der Waals surface area (Å²) in [6.45, 7) is 3.52. The monoisotopic (exact) mass is 496 g/mol. The van der Waals surface area contributed by atoms with E-state index >= 15 is 0 Å². The average molecular weight is 497 g/mol. The highest BCUT2D eigenvalue weighted by molar-refractivity contribution is 8.02. The number of hydrogen-bond acceptors (Lipinski definition) is 7. The van der Waals surface area contributed by atoms with E-state index < -0.39 is 16.6 Å². The zero-order valence-electron chi connectivity index (χ0n) is 19.2. The van der Waals surface area contributed by atoms with E-state index in [9.17, 15) is 14.4 Å². The molecule has 9 heteroatoms. The Kier molecular flexibility index (Phi) is 6.67. The fraction of sp³-hybridized carbons (Fsp3) is 0.240. The van der Waals surface area contributed by atoms with Crippen molar-refractivity contribution in [3.63, 3.8) is 0 Å². The fourth-order valence-electron chi connectivity index (χ4n) is 3.72. The number of carbonyl (C=O) groups excluding carboxylic acids is 3. The van der Waals surface area contributed by atoms with Crippen LogP contribution in [0.4, 0.5) is 10.7 Å². The van der Waals surface area contributed by atoms with E-state index in [4.69, 9.17) is 9.47 Å². The van der Waals surface area contributed by atoms with Crippen LogP contribution in [0.3, 0.4) is 0 Å². The Morgan fingerprint density at radius 2 is 1.82 bits per heavy atom. The molecular formula is C25H24N2O5S2. The number of esters is 1. The van der Waals surface area contributed by atoms with E-state index in [1.54, 1.807) is 45.5 Å². The van der Waals surface area contributed by atoms with Gasteiger partial charge in [0.15, 0.2) is 4.75 Å². The van der Waals surface area contributed by atoms with Gasteiger partial charge < -0.3 is 19.7 Å². The first kappa shape index (κ1) is 23.8. The molecule has 34 heavy (non-hydrogen) atoms. The largest absolute Gasteiger partial charge is 0.497 e. The molecule has 0 radical (unpaired) electrons. The number of para-hydroxylation sites is 1. The lowest BCUT2D eigenvalue weighted by molar-refractivity contribution is -0.128. The number of hydrogen-bond donors (Lipinski definition) is 1. The van der Waals surface area contributed by atoms with E-state index in [0.29, 0.717) is 16.3 Å². The van der Waals surface area contributed by atoms with Crippen LogP contribution in [0.5, 0.6) is 5.75 Å². The summed E-state index contributed by atoms with van der Waals surface area (Å²) < 4.78 is 9.10. The molecule has 0 saturated heterocycles. The third-order valence-electron chi connectivity index (χ3n) is 5.59. The molecule has 3 aromatic rings. The summed E-state index contributed by atoms with van der Waals surface area (Å²) in [7, 11) is 3.24. The van der Waals surface area contributed by atoms with Gasteiger partial charge in [-0.15, -0.1) is 11.3 Å². The van der Waals surface area contributed by atoms with E-state index in [-0.39, 0.29) is 18.1 Å². The first-order valence-corrected chi connectivity index (χ1v) is 12.3. The fourth-order valence-corrected chi connectivity index (χ4v) is 5.93. The second-order valence-corrected chi connectivity index (χ2v) is 10.1. The van der Waals surface area contributed by atoms with Gasteiger partial charge in [0, 0.05) is 22.9 Å². The van der Waals surface area contributed by atoms with Gasteiger partial charge in [-0.2, -0.15) is 0 Å². The molecular weight excluding hydrogens is 472 g/mol. The van der Waals surface area contributed by atoms with E-state index in [0.717, 1.165) is 16.1 Å². The Bertz CT molecular complexity index is 1250. The summed E-state index contributed by atoms with van der Waals surface area (Å²) in [5, 5.41) is 4.97. The molecule has 0 bridgehead atoms. The number of nitrogens with one attached hydrogen (secondary N) is 1. The lowest BCUT2D eigenvalue weighted by Crippen LogP contribution is -2.53. The smallest absolute Gasteiger partial charge is 0.341 e. The van der Waals surface area contributed by atoms with Crippen LogP contribution in [0.1, 0.15) is 24.2 Å². The van der Waals surface area contributed by atoms with Crippen molar-refractivity contribution in [3.8, 4) is 16.9 Å². The zero-order valence-corrected chi connectivity index (χ0v) is 20.8. The van der Waals surface area contributed by atoms with Gasteiger partial charge >= 0.3 is 5.97 Å². The highest BCUT2D eigenvalue weighted by Crippen LogP contribution is 2.46. The van der Waals surface area contributed by atoms with Crippen LogP contribution < -0.4 is 15.0 Å². The summed E-state index contributed by atoms with van der Waals surface area (Å²) in [6, 6.07) is 14.7. The molecule has 1 atom stereocenters. The number of thioether (sulfide) groups is 1. The number of amides is 2. The Balaban J connectivity index is 1.69. The minimum atomic E-state index is -1.40. The number of anilines is 2. The van der Waals surface area contributed by atoms with E-state index in [1.807, 2.05) is 36.4 Å². The molecule has 7 nitrogen and oxygen atoms in total. The van der Waals surface area contributed by atoms with Crippen LogP contribution in [0.15, 0.2) is 58.8 Å². The topological polar surface area (TPSA) is 84.9 Å². The quantitative estimate of drug-likeness (QED) is 0.379. The number of methoxy groups -OCH3 is 1. The van der Waals surface area contributed by atoms with E-state index in [2.05, 4.69) is 5.32 Å². The number of benzene rings is 2. The van der Waals surface area contributed by atoms with Crippen molar-refractivity contribution in [2.75, 3.05) is 31.0 Å². The second-order valence-electron chi connectivity index (χ2n) is 7.72. The SMILES string of the molecule is CCOC(=O)c1c(-c2ccc(OC)cc2)csc1NC(=O)C1(C)Sc2ccccc2N(C)C1=O. The maximum Gasteiger partial charge on any atom is 0.341 e. The molecule has 4 rings (SSSR count). The van der Waals surface area contributed by atoms with Gasteiger partial charge in [-0.3, -0.25) is 9.59 Å². The number of nitrogens with zero attached hydrogens (tertiary/aromatic N) is 1. The molecule has 0 saturated carbocycles. The van der Waals surface area contributed by atoms with Crippen molar-refractivity contribution < 1.29 is 23.9 Å². The van der Waals surface area contributed by atoms with Crippen molar-refractivity contribution in [2.24, 2.45) is 0 Å². The minimum Gasteiger partial charge on any atom is -0.497 e. The van der Waals surface area contributed by atoms with Crippen molar-refractivity contribution in [2.45, 2.75) is 23.5 Å². The molecule has 0 spiro atoms. The van der Waals surface area contributed by atoms with Crippen molar-refractivity contribution in [3.05, 3.63) is 59.5 Å². The molecule has 2 amide bonds. The lowest BCUT2D eigenvalue weighted by Gasteiger charge is -2.36. The van der Waals surface area contributed by atoms with Crippen molar-refractivity contribution >= 4 is 51.6 Å². The molecule has 1 aliphatic rings. The van der Waals surface area contributed by atoms with Gasteiger partial charge in [-0.25, -0.2) is 4.79 Å². The number of fused-ring (bicyclic) bond motifs is 1. The van der Waals surface area contributed by atoms with Crippen LogP contribution >= 0.6 is 23.1 Å². The molecule has 2 aromatic carbocycles. The average Bonchev–Trinajstić information content (AvgIpc) is 3.26. The highest BCUT2D eigenvalue weighted by atomic mass is 32.2. The minimum absolute atomic E-state index is 0.192. The van der Waals surface area contributed by atoms with Gasteiger partial charge in [0.1, 0.15) is 16.3 Å². The standard InChI is InChI=1S/C25H24N2O5S2/c1-5-32-22(28)20-17(15-10-12-16(31-4)13-11-15)14-33-21(20)26-23(29)25(2)24(30)27(3)18-8-6-7-9-19(18)34-25/h6-14H,5H2,1-4H3,(H,26,29). The van der Waals surface area contributed by atoms with Crippen LogP contribution in [-0.4, -0.2) is 43.3 Å². The highest BCUT2D eigenvalue weighted by Gasteiger charge is 2.48. The third-order valence-corrected chi connectivity index (χ3v) is 7.81. The van der Waals surface area contributed by atoms with Crippen LogP contribution in [0.2, 0.25) is 0 Å². The molecule has 1 aromatic heterocycles. The number of rotatable bonds is 6. The predicted octanol–water partition coefficient (Wildman–Crippen LogP) is 5.07. The molecule has 1 aliphatic heterocycles. The van der Waals surface area contributed by atoms with Crippen molar-refractivity contribution in [1.29, 1.82) is 0 Å². The first-order chi connectivity index (χ1) is 16.3. The van der Waals surface area contributed by atoms with Crippen molar-refractivity contribution in [1.82, 2.24) is 0 Å². The number of thiophene rings is 1. The predicted molar refractivity (Wildman–Crippen MR) is 135 cm³/mol. The van der Waals surface area contributed by atoms with Crippen LogP contribution in [0, 0.1) is 0 Å². The number of carbonyl (C=O) groups is 3. The number of ether oxygens (including phenoxy) is 2. The van der Waals surface area contributed by atoms with E-state index in [1.165, 1.54) is 28.0 Å². The summed E-state index contributed by atoms with van der Waals surface area (Å²) in [6.07, 6.45) is 0. The Morgan fingerprint density at radius 3 is 2.50 bits per heavy atom. The molecule has 0 fully saturated rings. The molecule has 1 unspecified atom stereocenters. The molecule has 1 N–H and O–H groups in total. The van der Waals surface area contributed by atoms with Gasteiger partial charge in [-0.05, 0) is 43.7 Å². The molecule has 176 valence electrons. The summed E-state index contributed by atoms with van der Waals surface area (Å²) in [5.74, 6) is -0.689. The Hall–Kier alpha value is -3.30. The second kappa shape index (κ2) is 9.52. The van der Waals surface area contributed by atoms with Gasteiger partial charge in [0.2, 0.25) is 0 Å². The normalized spacial score (nSPS) is 17.2. The van der Waals surface area contributed by atoms with Gasteiger partial charge in [0.25, 0.3) is 11.8 Å². The van der Waals surface area contributed by atoms with Crippen LogP contribution in [0.25, 0.3) is 11.1 Å².